The van der Waals surface area contributed by atoms with Crippen LogP contribution in [0.3, 0.4) is 0 Å². The van der Waals surface area contributed by atoms with Gasteiger partial charge in [0, 0.05) is 25.2 Å². The van der Waals surface area contributed by atoms with E-state index >= 15 is 0 Å². The highest BCUT2D eigenvalue weighted by molar-refractivity contribution is 7.89. The largest absolute Gasteiger partial charge is 0.461 e. The molecule has 0 aliphatic carbocycles. The van der Waals surface area contributed by atoms with Crippen LogP contribution in [0.1, 0.15) is 22.3 Å². The summed E-state index contributed by atoms with van der Waals surface area (Å²) in [6.07, 6.45) is 1.32. The second-order valence-electron chi connectivity index (χ2n) is 5.51. The number of amides is 1. The number of thiophene rings is 1. The zero-order chi connectivity index (χ0) is 19.3. The molecule has 2 aromatic rings. The third-order valence-electron chi connectivity index (χ3n) is 3.58. The van der Waals surface area contributed by atoms with Gasteiger partial charge >= 0.3 is 5.97 Å². The molecule has 1 N–H and O–H groups in total. The molecule has 8 nitrogen and oxygen atoms in total. The Bertz CT molecular complexity index is 872. The Balaban J connectivity index is 2.05. The summed E-state index contributed by atoms with van der Waals surface area (Å²) in [6.45, 7) is 1.89. The van der Waals surface area contributed by atoms with Crippen molar-refractivity contribution in [3.05, 3.63) is 40.3 Å². The zero-order valence-electron chi connectivity index (χ0n) is 14.8. The van der Waals surface area contributed by atoms with Crippen molar-refractivity contribution >= 4 is 33.2 Å². The summed E-state index contributed by atoms with van der Waals surface area (Å²) >= 11 is 1.50. The van der Waals surface area contributed by atoms with Gasteiger partial charge in [-0.15, -0.1) is 11.3 Å². The van der Waals surface area contributed by atoms with E-state index in [1.807, 2.05) is 17.5 Å². The van der Waals surface area contributed by atoms with Gasteiger partial charge in [-0.25, -0.2) is 13.2 Å². The molecule has 2 aromatic heterocycles. The van der Waals surface area contributed by atoms with Gasteiger partial charge in [-0.1, -0.05) is 6.07 Å². The number of hydrogen-bond donors (Lipinski definition) is 1. The fraction of sp³-hybridized carbons (Fsp3) is 0.375. The first-order valence-electron chi connectivity index (χ1n) is 7.84. The molecule has 0 saturated carbocycles. The predicted molar refractivity (Wildman–Crippen MR) is 97.4 cm³/mol. The maximum Gasteiger partial charge on any atom is 0.354 e. The van der Waals surface area contributed by atoms with E-state index in [2.05, 4.69) is 5.32 Å². The maximum atomic E-state index is 12.6. The summed E-state index contributed by atoms with van der Waals surface area (Å²) in [4.78, 5) is 24.7. The highest BCUT2D eigenvalue weighted by Crippen LogP contribution is 2.18. The van der Waals surface area contributed by atoms with Gasteiger partial charge in [-0.05, 0) is 24.4 Å². The van der Waals surface area contributed by atoms with Gasteiger partial charge < -0.3 is 14.6 Å². The van der Waals surface area contributed by atoms with Gasteiger partial charge in [0.15, 0.2) is 0 Å². The fourth-order valence-corrected chi connectivity index (χ4v) is 4.05. The van der Waals surface area contributed by atoms with E-state index in [-0.39, 0.29) is 23.7 Å². The Morgan fingerprint density at radius 1 is 1.38 bits per heavy atom. The Kier molecular flexibility index (Phi) is 6.57. The number of rotatable bonds is 8. The molecule has 2 rings (SSSR count). The molecular formula is C16H21N3O5S2. The number of aryl methyl sites for hydroxylation is 1. The van der Waals surface area contributed by atoms with Crippen LogP contribution in [0.25, 0.3) is 0 Å². The standard InChI is InChI=1S/C16H21N3O5S2/c1-4-24-16(21)14-8-13(10-18(14)2)26(22,23)19(3)11-15(20)17-9-12-6-5-7-25-12/h5-8,10H,4,9,11H2,1-3H3,(H,17,20). The molecule has 142 valence electrons. The van der Waals surface area contributed by atoms with Crippen LogP contribution in [0.2, 0.25) is 0 Å². The third-order valence-corrected chi connectivity index (χ3v) is 6.22. The molecule has 10 heteroatoms. The van der Waals surface area contributed by atoms with E-state index in [4.69, 9.17) is 4.74 Å². The minimum Gasteiger partial charge on any atom is -0.461 e. The fourth-order valence-electron chi connectivity index (χ4n) is 2.21. The van der Waals surface area contributed by atoms with Crippen LogP contribution < -0.4 is 5.32 Å². The average Bonchev–Trinajstić information content (AvgIpc) is 3.22. The summed E-state index contributed by atoms with van der Waals surface area (Å²) in [7, 11) is -1.04. The summed E-state index contributed by atoms with van der Waals surface area (Å²) in [5.74, 6) is -1.01. The van der Waals surface area contributed by atoms with E-state index < -0.39 is 21.9 Å². The molecule has 2 heterocycles. The second-order valence-corrected chi connectivity index (χ2v) is 8.59. The second kappa shape index (κ2) is 8.47. The number of likely N-dealkylation sites (N-methyl/N-ethyl adjacent to an activating group) is 1. The van der Waals surface area contributed by atoms with Gasteiger partial charge in [-0.2, -0.15) is 4.31 Å². The molecule has 0 radical (unpaired) electrons. The number of nitrogens with one attached hydrogen (secondary N) is 1. The summed E-state index contributed by atoms with van der Waals surface area (Å²) in [5.41, 5.74) is 0.126. The Morgan fingerprint density at radius 2 is 2.12 bits per heavy atom. The minimum absolute atomic E-state index is 0.0726. The lowest BCUT2D eigenvalue weighted by Gasteiger charge is -2.15. The van der Waals surface area contributed by atoms with Gasteiger partial charge in [0.1, 0.15) is 10.6 Å². The average molecular weight is 399 g/mol. The van der Waals surface area contributed by atoms with E-state index in [1.54, 1.807) is 14.0 Å². The van der Waals surface area contributed by atoms with Gasteiger partial charge in [0.2, 0.25) is 15.9 Å². The van der Waals surface area contributed by atoms with E-state index in [9.17, 15) is 18.0 Å². The van der Waals surface area contributed by atoms with Gasteiger partial charge in [0.05, 0.1) is 19.7 Å². The Hall–Kier alpha value is -2.17. The van der Waals surface area contributed by atoms with E-state index in [1.165, 1.54) is 35.2 Å². The first-order chi connectivity index (χ1) is 12.3. The van der Waals surface area contributed by atoms with Crippen molar-refractivity contribution in [2.24, 2.45) is 7.05 Å². The molecule has 0 aliphatic heterocycles. The molecule has 0 unspecified atom stereocenters. The zero-order valence-corrected chi connectivity index (χ0v) is 16.4. The number of esters is 1. The van der Waals surface area contributed by atoms with Gasteiger partial charge in [-0.3, -0.25) is 4.79 Å². The van der Waals surface area contributed by atoms with Crippen LogP contribution in [-0.2, 0) is 33.1 Å². The lowest BCUT2D eigenvalue weighted by molar-refractivity contribution is -0.121. The first-order valence-corrected chi connectivity index (χ1v) is 10.2. The number of ether oxygens (including phenoxy) is 1. The summed E-state index contributed by atoms with van der Waals surface area (Å²) in [6, 6.07) is 5.00. The van der Waals surface area contributed by atoms with Crippen LogP contribution in [0.15, 0.2) is 34.7 Å². The van der Waals surface area contributed by atoms with Crippen molar-refractivity contribution in [1.82, 2.24) is 14.2 Å². The van der Waals surface area contributed by atoms with Crippen molar-refractivity contribution in [3.63, 3.8) is 0 Å². The van der Waals surface area contributed by atoms with Crippen molar-refractivity contribution in [2.75, 3.05) is 20.2 Å². The van der Waals surface area contributed by atoms with Crippen LogP contribution in [0.5, 0.6) is 0 Å². The summed E-state index contributed by atoms with van der Waals surface area (Å²) < 4.78 is 32.5. The highest BCUT2D eigenvalue weighted by Gasteiger charge is 2.26. The number of aromatic nitrogens is 1. The van der Waals surface area contributed by atoms with E-state index in [0.29, 0.717) is 6.54 Å². The van der Waals surface area contributed by atoms with Crippen LogP contribution in [0.4, 0.5) is 0 Å². The molecule has 0 saturated heterocycles. The smallest absolute Gasteiger partial charge is 0.354 e. The number of carbonyl (C=O) groups excluding carboxylic acids is 2. The highest BCUT2D eigenvalue weighted by atomic mass is 32.2. The Morgan fingerprint density at radius 3 is 2.73 bits per heavy atom. The lowest BCUT2D eigenvalue weighted by Crippen LogP contribution is -2.37. The maximum absolute atomic E-state index is 12.6. The Labute approximate surface area is 156 Å². The third kappa shape index (κ3) is 4.71. The molecule has 0 bridgehead atoms. The molecule has 0 atom stereocenters. The molecule has 0 fully saturated rings. The number of carbonyl (C=O) groups is 2. The van der Waals surface area contributed by atoms with Crippen molar-refractivity contribution in [1.29, 1.82) is 0 Å². The molecule has 0 spiro atoms. The van der Waals surface area contributed by atoms with Crippen LogP contribution in [0, 0.1) is 0 Å². The summed E-state index contributed by atoms with van der Waals surface area (Å²) in [5, 5.41) is 4.57. The SMILES string of the molecule is CCOC(=O)c1cc(S(=O)(=O)N(C)CC(=O)NCc2cccs2)cn1C. The van der Waals surface area contributed by atoms with Gasteiger partial charge in [0.25, 0.3) is 0 Å². The number of sulfonamides is 1. The number of nitrogens with zero attached hydrogens (tertiary/aromatic N) is 2. The topological polar surface area (TPSA) is 97.7 Å². The van der Waals surface area contributed by atoms with Crippen molar-refractivity contribution < 1.29 is 22.7 Å². The molecule has 1 amide bonds. The molecular weight excluding hydrogens is 378 g/mol. The number of hydrogen-bond acceptors (Lipinski definition) is 6. The van der Waals surface area contributed by atoms with E-state index in [0.717, 1.165) is 9.18 Å². The lowest BCUT2D eigenvalue weighted by atomic mass is 10.4. The quantitative estimate of drug-likeness (QED) is 0.673. The molecule has 0 aliphatic rings. The minimum atomic E-state index is -3.91. The molecule has 26 heavy (non-hydrogen) atoms. The first kappa shape index (κ1) is 20.1. The van der Waals surface area contributed by atoms with Crippen molar-refractivity contribution in [3.8, 4) is 0 Å². The normalized spacial score (nSPS) is 11.5. The predicted octanol–water partition coefficient (Wildman–Crippen LogP) is 1.20. The van der Waals surface area contributed by atoms with Crippen LogP contribution >= 0.6 is 11.3 Å². The molecule has 0 aromatic carbocycles. The monoisotopic (exact) mass is 399 g/mol. The van der Waals surface area contributed by atoms with Crippen LogP contribution in [-0.4, -0.2) is 49.4 Å². The van der Waals surface area contributed by atoms with Crippen molar-refractivity contribution in [2.45, 2.75) is 18.4 Å².